The number of phenols is 1. The SMILES string of the molecule is CC(C)(O)c1c(Cl)c(O)cc2c1OCCO2. The fourth-order valence-corrected chi connectivity index (χ4v) is 2.07. The molecule has 0 saturated carbocycles. The van der Waals surface area contributed by atoms with Gasteiger partial charge in [-0.2, -0.15) is 0 Å². The van der Waals surface area contributed by atoms with Crippen LogP contribution in [0.5, 0.6) is 17.2 Å². The molecule has 5 heteroatoms. The third-order valence-corrected chi connectivity index (χ3v) is 2.74. The highest BCUT2D eigenvalue weighted by Crippen LogP contribution is 2.47. The van der Waals surface area contributed by atoms with Gasteiger partial charge in [-0.25, -0.2) is 0 Å². The lowest BCUT2D eigenvalue weighted by molar-refractivity contribution is 0.0700. The predicted molar refractivity (Wildman–Crippen MR) is 59.4 cm³/mol. The van der Waals surface area contributed by atoms with E-state index in [9.17, 15) is 10.2 Å². The van der Waals surface area contributed by atoms with Crippen molar-refractivity contribution in [2.45, 2.75) is 19.4 Å². The Labute approximate surface area is 98.4 Å². The van der Waals surface area contributed by atoms with Crippen LogP contribution in [0.15, 0.2) is 6.07 Å². The second kappa shape index (κ2) is 3.71. The minimum atomic E-state index is -1.21. The van der Waals surface area contributed by atoms with Gasteiger partial charge in [0.15, 0.2) is 11.5 Å². The molecule has 2 rings (SSSR count). The highest BCUT2D eigenvalue weighted by atomic mass is 35.5. The highest BCUT2D eigenvalue weighted by Gasteiger charge is 2.31. The maximum atomic E-state index is 10.0. The monoisotopic (exact) mass is 244 g/mol. The van der Waals surface area contributed by atoms with E-state index in [0.717, 1.165) is 0 Å². The Morgan fingerprint density at radius 1 is 1.31 bits per heavy atom. The number of aliphatic hydroxyl groups is 1. The summed E-state index contributed by atoms with van der Waals surface area (Å²) in [5.74, 6) is 0.690. The molecule has 0 spiro atoms. The molecule has 0 unspecified atom stereocenters. The van der Waals surface area contributed by atoms with E-state index < -0.39 is 5.60 Å². The summed E-state index contributed by atoms with van der Waals surface area (Å²) in [6.07, 6.45) is 0. The van der Waals surface area contributed by atoms with Gasteiger partial charge in [0.2, 0.25) is 0 Å². The van der Waals surface area contributed by atoms with Crippen molar-refractivity contribution >= 4 is 11.6 Å². The molecule has 1 heterocycles. The minimum absolute atomic E-state index is 0.0942. The van der Waals surface area contributed by atoms with Crippen LogP contribution in [0.25, 0.3) is 0 Å². The van der Waals surface area contributed by atoms with Crippen LogP contribution in [-0.4, -0.2) is 23.4 Å². The van der Waals surface area contributed by atoms with Crippen LogP contribution in [0.2, 0.25) is 5.02 Å². The molecule has 4 nitrogen and oxygen atoms in total. The maximum Gasteiger partial charge on any atom is 0.169 e. The number of aromatic hydroxyl groups is 1. The van der Waals surface area contributed by atoms with Crippen LogP contribution in [0.4, 0.5) is 0 Å². The van der Waals surface area contributed by atoms with Crippen molar-refractivity contribution in [2.75, 3.05) is 13.2 Å². The number of rotatable bonds is 1. The summed E-state index contributed by atoms with van der Waals surface area (Å²) in [5, 5.41) is 19.8. The van der Waals surface area contributed by atoms with Crippen molar-refractivity contribution in [2.24, 2.45) is 0 Å². The van der Waals surface area contributed by atoms with E-state index in [2.05, 4.69) is 0 Å². The van der Waals surface area contributed by atoms with Gasteiger partial charge >= 0.3 is 0 Å². The summed E-state index contributed by atoms with van der Waals surface area (Å²) in [4.78, 5) is 0. The number of hydrogen-bond acceptors (Lipinski definition) is 4. The number of halogens is 1. The maximum absolute atomic E-state index is 10.0. The van der Waals surface area contributed by atoms with E-state index in [-0.39, 0.29) is 10.8 Å². The molecule has 0 saturated heterocycles. The van der Waals surface area contributed by atoms with Gasteiger partial charge in [-0.1, -0.05) is 11.6 Å². The van der Waals surface area contributed by atoms with Crippen LogP contribution in [-0.2, 0) is 5.60 Å². The largest absolute Gasteiger partial charge is 0.506 e. The first-order valence-corrected chi connectivity index (χ1v) is 5.33. The van der Waals surface area contributed by atoms with Gasteiger partial charge in [0, 0.05) is 6.07 Å². The number of ether oxygens (including phenoxy) is 2. The van der Waals surface area contributed by atoms with E-state index in [4.69, 9.17) is 21.1 Å². The van der Waals surface area contributed by atoms with Crippen LogP contribution < -0.4 is 9.47 Å². The smallest absolute Gasteiger partial charge is 0.169 e. The molecule has 1 aromatic rings. The Bertz CT molecular complexity index is 423. The zero-order valence-corrected chi connectivity index (χ0v) is 9.84. The van der Waals surface area contributed by atoms with Gasteiger partial charge in [0.1, 0.15) is 19.0 Å². The summed E-state index contributed by atoms with van der Waals surface area (Å²) >= 11 is 5.97. The molecule has 88 valence electrons. The summed E-state index contributed by atoms with van der Waals surface area (Å²) in [6, 6.07) is 1.39. The van der Waals surface area contributed by atoms with Crippen molar-refractivity contribution in [1.82, 2.24) is 0 Å². The molecular weight excluding hydrogens is 232 g/mol. The van der Waals surface area contributed by atoms with Crippen molar-refractivity contribution in [3.8, 4) is 17.2 Å². The highest BCUT2D eigenvalue weighted by molar-refractivity contribution is 6.33. The Kier molecular flexibility index (Phi) is 2.64. The number of fused-ring (bicyclic) bond motifs is 1. The second-order valence-corrected chi connectivity index (χ2v) is 4.55. The van der Waals surface area contributed by atoms with E-state index in [1.54, 1.807) is 13.8 Å². The fraction of sp³-hybridized carbons (Fsp3) is 0.455. The normalized spacial score (nSPS) is 15.0. The second-order valence-electron chi connectivity index (χ2n) is 4.17. The van der Waals surface area contributed by atoms with Crippen LogP contribution in [0.3, 0.4) is 0 Å². The third kappa shape index (κ3) is 1.79. The Morgan fingerprint density at radius 2 is 1.94 bits per heavy atom. The molecule has 16 heavy (non-hydrogen) atoms. The molecule has 2 N–H and O–H groups in total. The first-order valence-electron chi connectivity index (χ1n) is 4.95. The van der Waals surface area contributed by atoms with Crippen LogP contribution >= 0.6 is 11.6 Å². The standard InChI is InChI=1S/C11H13ClO4/c1-11(2,14)8-9(12)6(13)5-7-10(8)16-4-3-15-7/h5,13-14H,3-4H2,1-2H3. The van der Waals surface area contributed by atoms with Crippen molar-refractivity contribution < 1.29 is 19.7 Å². The first kappa shape index (κ1) is 11.4. The molecular formula is C11H13ClO4. The molecule has 0 fully saturated rings. The summed E-state index contributed by atoms with van der Waals surface area (Å²) in [7, 11) is 0. The first-order chi connectivity index (χ1) is 7.41. The van der Waals surface area contributed by atoms with Crippen molar-refractivity contribution in [1.29, 1.82) is 0 Å². The Morgan fingerprint density at radius 3 is 2.56 bits per heavy atom. The number of phenolic OH excluding ortho intramolecular Hbond substituents is 1. The van der Waals surface area contributed by atoms with E-state index in [1.165, 1.54) is 6.07 Å². The molecule has 0 aliphatic carbocycles. The lowest BCUT2D eigenvalue weighted by Crippen LogP contribution is -2.23. The van der Waals surface area contributed by atoms with Gasteiger partial charge in [-0.05, 0) is 13.8 Å². The molecule has 1 aliphatic heterocycles. The third-order valence-electron chi connectivity index (χ3n) is 2.36. The Balaban J connectivity index is 2.69. The van der Waals surface area contributed by atoms with E-state index in [0.29, 0.717) is 30.3 Å². The van der Waals surface area contributed by atoms with Gasteiger partial charge in [-0.3, -0.25) is 0 Å². The zero-order chi connectivity index (χ0) is 11.9. The van der Waals surface area contributed by atoms with Gasteiger partial charge in [0.05, 0.1) is 16.2 Å². The van der Waals surface area contributed by atoms with E-state index in [1.807, 2.05) is 0 Å². The average Bonchev–Trinajstić information content (AvgIpc) is 2.17. The quantitative estimate of drug-likeness (QED) is 0.794. The number of hydrogen-bond donors (Lipinski definition) is 2. The van der Waals surface area contributed by atoms with Crippen LogP contribution in [0, 0.1) is 0 Å². The van der Waals surface area contributed by atoms with Crippen molar-refractivity contribution in [3.05, 3.63) is 16.7 Å². The average molecular weight is 245 g/mol. The lowest BCUT2D eigenvalue weighted by atomic mass is 9.96. The van der Waals surface area contributed by atoms with Crippen molar-refractivity contribution in [3.63, 3.8) is 0 Å². The summed E-state index contributed by atoms with van der Waals surface area (Å²) in [6.45, 7) is 3.97. The molecule has 0 amide bonds. The molecule has 1 aliphatic rings. The molecule has 1 aromatic carbocycles. The summed E-state index contributed by atoms with van der Waals surface area (Å²) < 4.78 is 10.8. The Hall–Kier alpha value is -1.13. The predicted octanol–water partition coefficient (Wildman–Crippen LogP) is 2.04. The molecule has 0 aromatic heterocycles. The molecule has 0 radical (unpaired) electrons. The molecule has 0 atom stereocenters. The summed E-state index contributed by atoms with van der Waals surface area (Å²) in [5.41, 5.74) is -0.857. The topological polar surface area (TPSA) is 58.9 Å². The minimum Gasteiger partial charge on any atom is -0.506 e. The lowest BCUT2D eigenvalue weighted by Gasteiger charge is -2.27. The number of benzene rings is 1. The zero-order valence-electron chi connectivity index (χ0n) is 9.08. The van der Waals surface area contributed by atoms with Gasteiger partial charge < -0.3 is 19.7 Å². The van der Waals surface area contributed by atoms with Gasteiger partial charge in [0.25, 0.3) is 0 Å². The fourth-order valence-electron chi connectivity index (χ4n) is 1.70. The van der Waals surface area contributed by atoms with E-state index >= 15 is 0 Å². The van der Waals surface area contributed by atoms with Gasteiger partial charge in [-0.15, -0.1) is 0 Å². The molecule has 0 bridgehead atoms. The van der Waals surface area contributed by atoms with Crippen LogP contribution in [0.1, 0.15) is 19.4 Å².